The van der Waals surface area contributed by atoms with Gasteiger partial charge in [0.15, 0.2) is 0 Å². The largest absolute Gasteiger partial charge is 0.372 e. The summed E-state index contributed by atoms with van der Waals surface area (Å²) in [4.78, 5) is 3.33. The molecule has 302 valence electrons. The summed E-state index contributed by atoms with van der Waals surface area (Å²) < 4.78 is 7.76. The molecule has 0 aromatic rings. The molecule has 9 unspecified atom stereocenters. The van der Waals surface area contributed by atoms with Crippen LogP contribution in [0.1, 0.15) is 202 Å². The highest BCUT2D eigenvalue weighted by Gasteiger charge is 2.60. The number of nitrogens with zero attached hydrogens (tertiary/aromatic N) is 1. The third-order valence-corrected chi connectivity index (χ3v) is 21.2. The number of hydrogen-bond acceptors (Lipinski definition) is 3. The van der Waals surface area contributed by atoms with Crippen LogP contribution in [0.3, 0.4) is 0 Å². The van der Waals surface area contributed by atoms with Gasteiger partial charge in [0.1, 0.15) is 0 Å². The van der Waals surface area contributed by atoms with E-state index in [9.17, 15) is 0 Å². The van der Waals surface area contributed by atoms with Crippen LogP contribution >= 0.6 is 11.8 Å². The molecule has 9 atom stereocenters. The van der Waals surface area contributed by atoms with Gasteiger partial charge in [0, 0.05) is 34.5 Å². The fourth-order valence-electron chi connectivity index (χ4n) is 16.3. The van der Waals surface area contributed by atoms with Crippen LogP contribution < -0.4 is 0 Å². The summed E-state index contributed by atoms with van der Waals surface area (Å²) in [5.41, 5.74) is 1.00. The van der Waals surface area contributed by atoms with Crippen molar-refractivity contribution in [1.82, 2.24) is 4.90 Å². The Morgan fingerprint density at radius 3 is 1.42 bits per heavy atom. The average molecular weight is 748 g/mol. The first-order chi connectivity index (χ1) is 25.5. The van der Waals surface area contributed by atoms with Gasteiger partial charge in [-0.25, -0.2) is 0 Å². The molecule has 2 saturated heterocycles. The minimum absolute atomic E-state index is 0.501. The summed E-state index contributed by atoms with van der Waals surface area (Å²) in [6, 6.07) is 2.36. The van der Waals surface area contributed by atoms with Crippen LogP contribution in [0, 0.1) is 70.0 Å². The molecule has 9 aliphatic rings. The number of ether oxygens (including phenoxy) is 1. The molecule has 53 heavy (non-hydrogen) atoms. The van der Waals surface area contributed by atoms with Crippen LogP contribution in [0.15, 0.2) is 0 Å². The smallest absolute Gasteiger partial charge is 0.0766 e. The lowest BCUT2D eigenvalue weighted by Crippen LogP contribution is -2.58. The van der Waals surface area contributed by atoms with E-state index in [0.29, 0.717) is 29.1 Å². The molecule has 7 aliphatic carbocycles. The third kappa shape index (κ3) is 7.78. The van der Waals surface area contributed by atoms with Crippen molar-refractivity contribution in [2.24, 2.45) is 70.0 Å². The average Bonchev–Trinajstić information content (AvgIpc) is 3.74. The minimum Gasteiger partial charge on any atom is -0.372 e. The van der Waals surface area contributed by atoms with Gasteiger partial charge in [0.2, 0.25) is 0 Å². The molecule has 0 amide bonds. The lowest BCUT2D eigenvalue weighted by molar-refractivity contribution is -0.0989. The van der Waals surface area contributed by atoms with Crippen molar-refractivity contribution in [3.05, 3.63) is 0 Å². The van der Waals surface area contributed by atoms with Gasteiger partial charge in [0.05, 0.1) is 12.2 Å². The van der Waals surface area contributed by atoms with Crippen molar-refractivity contribution in [2.45, 2.75) is 243 Å². The van der Waals surface area contributed by atoms with Gasteiger partial charge in [0.25, 0.3) is 0 Å². The summed E-state index contributed by atoms with van der Waals surface area (Å²) >= 11 is 2.45. The normalized spacial score (nSPS) is 49.5. The van der Waals surface area contributed by atoms with E-state index in [0.717, 1.165) is 81.8 Å². The van der Waals surface area contributed by atoms with Crippen LogP contribution in [0.4, 0.5) is 0 Å². The molecule has 0 N–H and O–H groups in total. The molecule has 9 fully saturated rings. The van der Waals surface area contributed by atoms with Crippen LogP contribution in [0.25, 0.3) is 0 Å². The van der Waals surface area contributed by atoms with Gasteiger partial charge in [-0.05, 0) is 205 Å². The Kier molecular flexibility index (Phi) is 11.6. The summed E-state index contributed by atoms with van der Waals surface area (Å²) in [5.74, 6) is 9.57. The third-order valence-electron chi connectivity index (χ3n) is 19.4. The molecule has 7 saturated carbocycles. The maximum Gasteiger partial charge on any atom is 0.0766 e. The van der Waals surface area contributed by atoms with E-state index in [4.69, 9.17) is 4.74 Å². The van der Waals surface area contributed by atoms with E-state index in [-0.39, 0.29) is 0 Å². The van der Waals surface area contributed by atoms with Gasteiger partial charge in [-0.15, -0.1) is 0 Å². The molecular weight excluding hydrogens is 663 g/mol. The van der Waals surface area contributed by atoms with Gasteiger partial charge < -0.3 is 4.74 Å². The van der Waals surface area contributed by atoms with Crippen LogP contribution in [-0.4, -0.2) is 45.7 Å². The second-order valence-corrected chi connectivity index (χ2v) is 25.2. The number of rotatable bonds is 5. The molecule has 9 rings (SSSR count). The predicted octanol–water partition coefficient (Wildman–Crippen LogP) is 13.7. The Balaban J connectivity index is 0.900. The van der Waals surface area contributed by atoms with Crippen molar-refractivity contribution in [3.63, 3.8) is 0 Å². The highest BCUT2D eigenvalue weighted by atomic mass is 32.2. The first kappa shape index (κ1) is 38.8. The molecule has 0 radical (unpaired) electrons. The van der Waals surface area contributed by atoms with Crippen molar-refractivity contribution in [3.8, 4) is 0 Å². The number of fused-ring (bicyclic) bond motifs is 7. The van der Waals surface area contributed by atoms with E-state index in [1.165, 1.54) is 161 Å². The molecule has 3 heteroatoms. The zero-order chi connectivity index (χ0) is 36.5. The topological polar surface area (TPSA) is 12.5 Å². The van der Waals surface area contributed by atoms with Crippen LogP contribution in [-0.2, 0) is 4.74 Å². The lowest BCUT2D eigenvalue weighted by atomic mass is 9.64. The van der Waals surface area contributed by atoms with Crippen molar-refractivity contribution in [2.75, 3.05) is 0 Å². The maximum absolute atomic E-state index is 7.76. The van der Waals surface area contributed by atoms with E-state index in [1.807, 2.05) is 0 Å². The van der Waals surface area contributed by atoms with Gasteiger partial charge in [-0.3, -0.25) is 4.90 Å². The van der Waals surface area contributed by atoms with Gasteiger partial charge in [-0.2, -0.15) is 11.8 Å². The first-order valence-electron chi connectivity index (χ1n) is 24.6. The Morgan fingerprint density at radius 2 is 0.887 bits per heavy atom. The van der Waals surface area contributed by atoms with E-state index in [2.05, 4.69) is 58.2 Å². The maximum atomic E-state index is 7.76. The summed E-state index contributed by atoms with van der Waals surface area (Å²) in [7, 11) is 0. The highest BCUT2D eigenvalue weighted by molar-refractivity contribution is 8.00. The fraction of sp³-hybridized carbons (Fsp3) is 1.00. The summed E-state index contributed by atoms with van der Waals surface area (Å²) in [6.45, 7) is 15.0. The predicted molar refractivity (Wildman–Crippen MR) is 226 cm³/mol. The van der Waals surface area contributed by atoms with E-state index in [1.54, 1.807) is 0 Å². The van der Waals surface area contributed by atoms with E-state index >= 15 is 0 Å². The van der Waals surface area contributed by atoms with Crippen molar-refractivity contribution in [1.29, 1.82) is 0 Å². The van der Waals surface area contributed by atoms with Crippen molar-refractivity contribution < 1.29 is 4.74 Å². The van der Waals surface area contributed by atoms with E-state index < -0.39 is 0 Å². The first-order valence-corrected chi connectivity index (χ1v) is 25.6. The number of hydrogen-bond donors (Lipinski definition) is 0. The second kappa shape index (κ2) is 15.8. The summed E-state index contributed by atoms with van der Waals surface area (Å²) in [6.07, 6.45) is 38.6. The Labute approximate surface area is 333 Å². The monoisotopic (exact) mass is 748 g/mol. The molecule has 2 nitrogen and oxygen atoms in total. The minimum atomic E-state index is 0.501. The van der Waals surface area contributed by atoms with Crippen molar-refractivity contribution >= 4 is 11.8 Å². The standard InChI is InChI=1S/C50H85NOS/c1-49(2,3)36-22-14-32(15-23-36)34-18-26-38(27-19-34)51(39-28-20-35(21-29-39)33-16-24-37(25-17-33)50(4,5)6)43-12-9-11-40-41-30-31-45-46(48(41)52-47(40)43)42-10-7-8-13-44(42)53-45/h32-48H,7-31H2,1-6H3. The van der Waals surface area contributed by atoms with Crippen LogP contribution in [0.2, 0.25) is 0 Å². The zero-order valence-electron chi connectivity index (χ0n) is 35.8. The van der Waals surface area contributed by atoms with Crippen LogP contribution in [0.5, 0.6) is 0 Å². The Hall–Kier alpha value is 0.270. The molecular formula is C50H85NOS. The zero-order valence-corrected chi connectivity index (χ0v) is 36.6. The quantitative estimate of drug-likeness (QED) is 0.278. The SMILES string of the molecule is CC(C)(C)C1CCC(C2CCC(N(C3CCC(C4CCC(C(C)(C)C)CC4)CC3)C3CCCC4C5CCC6SC7CCCCC7C6C5OC43)CC2)CC1. The molecule has 0 aromatic heterocycles. The van der Waals surface area contributed by atoms with Gasteiger partial charge in [-0.1, -0.05) is 60.8 Å². The summed E-state index contributed by atoms with van der Waals surface area (Å²) in [5, 5.41) is 1.88. The molecule has 0 aromatic carbocycles. The fourth-order valence-corrected chi connectivity index (χ4v) is 18.4. The molecule has 0 spiro atoms. The lowest BCUT2D eigenvalue weighted by Gasteiger charge is -2.52. The molecule has 0 bridgehead atoms. The second-order valence-electron chi connectivity index (χ2n) is 23.7. The number of thioether (sulfide) groups is 1. The Morgan fingerprint density at radius 1 is 0.415 bits per heavy atom. The highest BCUT2D eigenvalue weighted by Crippen LogP contribution is 2.61. The molecule has 2 heterocycles. The molecule has 2 aliphatic heterocycles. The van der Waals surface area contributed by atoms with Gasteiger partial charge >= 0.3 is 0 Å². The Bertz CT molecular complexity index is 1130.